The molecule has 1 saturated heterocycles. The fourth-order valence-corrected chi connectivity index (χ4v) is 2.88. The molecule has 0 N–H and O–H groups in total. The van der Waals surface area contributed by atoms with E-state index in [1.807, 2.05) is 0 Å². The summed E-state index contributed by atoms with van der Waals surface area (Å²) in [6.07, 6.45) is 2.03. The summed E-state index contributed by atoms with van der Waals surface area (Å²) >= 11 is 0. The van der Waals surface area contributed by atoms with Crippen LogP contribution in [0, 0.1) is 0 Å². The maximum atomic E-state index is 13.0. The number of nitrogens with zero attached hydrogens (tertiary/aromatic N) is 1. The van der Waals surface area contributed by atoms with E-state index in [4.69, 9.17) is 18.9 Å². The predicted molar refractivity (Wildman–Crippen MR) is 95.7 cm³/mol. The number of methoxy groups -OCH3 is 2. The SMILES string of the molecule is CCOC(=O)CCN(CC1CCCO1)C(=O)c1cc(OC)cc(OC)c1. The average molecular weight is 365 g/mol. The van der Waals surface area contributed by atoms with Gasteiger partial charge in [0.25, 0.3) is 5.91 Å². The van der Waals surface area contributed by atoms with Gasteiger partial charge in [-0.3, -0.25) is 9.59 Å². The van der Waals surface area contributed by atoms with Gasteiger partial charge in [0.05, 0.1) is 33.4 Å². The fourth-order valence-electron chi connectivity index (χ4n) is 2.88. The zero-order valence-electron chi connectivity index (χ0n) is 15.7. The molecule has 0 radical (unpaired) electrons. The molecule has 0 bridgehead atoms. The molecule has 7 nitrogen and oxygen atoms in total. The summed E-state index contributed by atoms with van der Waals surface area (Å²) in [6, 6.07) is 5.04. The van der Waals surface area contributed by atoms with Crippen LogP contribution in [0.2, 0.25) is 0 Å². The summed E-state index contributed by atoms with van der Waals surface area (Å²) in [5.74, 6) is 0.563. The van der Waals surface area contributed by atoms with E-state index in [1.54, 1.807) is 30.0 Å². The molecule has 0 aromatic heterocycles. The van der Waals surface area contributed by atoms with Gasteiger partial charge >= 0.3 is 5.97 Å². The molecule has 144 valence electrons. The summed E-state index contributed by atoms with van der Waals surface area (Å²) in [5, 5.41) is 0. The van der Waals surface area contributed by atoms with Gasteiger partial charge in [-0.2, -0.15) is 0 Å². The van der Waals surface area contributed by atoms with Crippen molar-refractivity contribution >= 4 is 11.9 Å². The van der Waals surface area contributed by atoms with Crippen LogP contribution in [-0.2, 0) is 14.3 Å². The van der Waals surface area contributed by atoms with E-state index in [0.29, 0.717) is 36.8 Å². The number of amides is 1. The van der Waals surface area contributed by atoms with Crippen LogP contribution in [0.1, 0.15) is 36.5 Å². The van der Waals surface area contributed by atoms with Crippen molar-refractivity contribution in [2.75, 3.05) is 40.5 Å². The van der Waals surface area contributed by atoms with Gasteiger partial charge in [-0.15, -0.1) is 0 Å². The highest BCUT2D eigenvalue weighted by atomic mass is 16.5. The maximum absolute atomic E-state index is 13.0. The van der Waals surface area contributed by atoms with Crippen molar-refractivity contribution in [1.29, 1.82) is 0 Å². The first kappa shape index (κ1) is 20.0. The summed E-state index contributed by atoms with van der Waals surface area (Å²) in [6.45, 7) is 3.51. The highest BCUT2D eigenvalue weighted by Crippen LogP contribution is 2.24. The van der Waals surface area contributed by atoms with Gasteiger partial charge in [0.1, 0.15) is 11.5 Å². The second-order valence-electron chi connectivity index (χ2n) is 6.04. The molecule has 1 unspecified atom stereocenters. The van der Waals surface area contributed by atoms with Crippen molar-refractivity contribution in [2.24, 2.45) is 0 Å². The third-order valence-electron chi connectivity index (χ3n) is 4.22. The van der Waals surface area contributed by atoms with Crippen LogP contribution in [0.3, 0.4) is 0 Å². The number of hydrogen-bond donors (Lipinski definition) is 0. The van der Waals surface area contributed by atoms with Gasteiger partial charge in [0.15, 0.2) is 0 Å². The molecule has 0 spiro atoms. The molecule has 1 aliphatic rings. The average Bonchev–Trinajstić information content (AvgIpc) is 3.17. The Morgan fingerprint density at radius 3 is 2.42 bits per heavy atom. The van der Waals surface area contributed by atoms with E-state index in [-0.39, 0.29) is 30.9 Å². The highest BCUT2D eigenvalue weighted by Gasteiger charge is 2.25. The molecule has 1 atom stereocenters. The smallest absolute Gasteiger partial charge is 0.307 e. The van der Waals surface area contributed by atoms with Gasteiger partial charge in [-0.1, -0.05) is 0 Å². The first-order chi connectivity index (χ1) is 12.6. The van der Waals surface area contributed by atoms with Crippen molar-refractivity contribution in [2.45, 2.75) is 32.3 Å². The highest BCUT2D eigenvalue weighted by molar-refractivity contribution is 5.95. The number of esters is 1. The lowest BCUT2D eigenvalue weighted by molar-refractivity contribution is -0.143. The monoisotopic (exact) mass is 365 g/mol. The van der Waals surface area contributed by atoms with Gasteiger partial charge in [-0.25, -0.2) is 0 Å². The Kier molecular flexibility index (Phi) is 7.72. The van der Waals surface area contributed by atoms with Crippen LogP contribution in [0.15, 0.2) is 18.2 Å². The van der Waals surface area contributed by atoms with Gasteiger partial charge < -0.3 is 23.8 Å². The molecule has 1 aromatic carbocycles. The molecule has 1 aliphatic heterocycles. The summed E-state index contributed by atoms with van der Waals surface area (Å²) in [7, 11) is 3.07. The lowest BCUT2D eigenvalue weighted by Gasteiger charge is -2.25. The van der Waals surface area contributed by atoms with E-state index in [2.05, 4.69) is 0 Å². The van der Waals surface area contributed by atoms with Crippen LogP contribution in [-0.4, -0.2) is 63.4 Å². The summed E-state index contributed by atoms with van der Waals surface area (Å²) in [5.41, 5.74) is 0.447. The molecular weight excluding hydrogens is 338 g/mol. The normalized spacial score (nSPS) is 16.2. The van der Waals surface area contributed by atoms with Crippen molar-refractivity contribution in [3.05, 3.63) is 23.8 Å². The Bertz CT molecular complexity index is 590. The summed E-state index contributed by atoms with van der Waals surface area (Å²) in [4.78, 5) is 26.4. The van der Waals surface area contributed by atoms with Crippen molar-refractivity contribution in [3.8, 4) is 11.5 Å². The van der Waals surface area contributed by atoms with Crippen LogP contribution < -0.4 is 9.47 Å². The molecule has 1 fully saturated rings. The molecule has 2 rings (SSSR count). The molecular formula is C19H27NO6. The third-order valence-corrected chi connectivity index (χ3v) is 4.22. The van der Waals surface area contributed by atoms with Gasteiger partial charge in [-0.05, 0) is 31.9 Å². The van der Waals surface area contributed by atoms with E-state index >= 15 is 0 Å². The van der Waals surface area contributed by atoms with E-state index in [9.17, 15) is 9.59 Å². The second-order valence-corrected chi connectivity index (χ2v) is 6.04. The minimum absolute atomic E-state index is 0.00588. The number of rotatable bonds is 9. The summed E-state index contributed by atoms with van der Waals surface area (Å²) < 4.78 is 21.1. The first-order valence-corrected chi connectivity index (χ1v) is 8.87. The number of benzene rings is 1. The number of carbonyl (C=O) groups is 2. The quantitative estimate of drug-likeness (QED) is 0.625. The van der Waals surface area contributed by atoms with Crippen LogP contribution in [0.25, 0.3) is 0 Å². The predicted octanol–water partition coefficient (Wildman–Crippen LogP) is 2.28. The zero-order chi connectivity index (χ0) is 18.9. The minimum Gasteiger partial charge on any atom is -0.497 e. The first-order valence-electron chi connectivity index (χ1n) is 8.87. The molecule has 0 aliphatic carbocycles. The van der Waals surface area contributed by atoms with Crippen LogP contribution >= 0.6 is 0 Å². The molecule has 7 heteroatoms. The van der Waals surface area contributed by atoms with E-state index in [0.717, 1.165) is 12.8 Å². The molecule has 1 aromatic rings. The standard InChI is InChI=1S/C19H27NO6/c1-4-25-18(21)7-8-20(13-15-6-5-9-26-15)19(22)14-10-16(23-2)12-17(11-14)24-3/h10-12,15H,4-9,13H2,1-3H3. The minimum atomic E-state index is -0.319. The second kappa shape index (κ2) is 10.0. The molecule has 0 saturated carbocycles. The Morgan fingerprint density at radius 1 is 1.19 bits per heavy atom. The zero-order valence-corrected chi connectivity index (χ0v) is 15.7. The Morgan fingerprint density at radius 2 is 1.88 bits per heavy atom. The molecule has 1 heterocycles. The van der Waals surface area contributed by atoms with E-state index < -0.39 is 0 Å². The number of carbonyl (C=O) groups excluding carboxylic acids is 2. The number of hydrogen-bond acceptors (Lipinski definition) is 6. The lowest BCUT2D eigenvalue weighted by Crippen LogP contribution is -2.39. The van der Waals surface area contributed by atoms with Crippen molar-refractivity contribution in [1.82, 2.24) is 4.90 Å². The Balaban J connectivity index is 2.16. The number of ether oxygens (including phenoxy) is 4. The largest absolute Gasteiger partial charge is 0.497 e. The molecule has 1 amide bonds. The van der Waals surface area contributed by atoms with Crippen LogP contribution in [0.5, 0.6) is 11.5 Å². The van der Waals surface area contributed by atoms with Gasteiger partial charge in [0, 0.05) is 31.3 Å². The maximum Gasteiger partial charge on any atom is 0.307 e. The molecule has 26 heavy (non-hydrogen) atoms. The topological polar surface area (TPSA) is 74.3 Å². The van der Waals surface area contributed by atoms with Crippen molar-refractivity contribution < 1.29 is 28.5 Å². The Hall–Kier alpha value is -2.28. The van der Waals surface area contributed by atoms with Crippen molar-refractivity contribution in [3.63, 3.8) is 0 Å². The third kappa shape index (κ3) is 5.62. The lowest BCUT2D eigenvalue weighted by atomic mass is 10.1. The Labute approximate surface area is 154 Å². The fraction of sp³-hybridized carbons (Fsp3) is 0.579. The van der Waals surface area contributed by atoms with Crippen LogP contribution in [0.4, 0.5) is 0 Å². The van der Waals surface area contributed by atoms with E-state index in [1.165, 1.54) is 14.2 Å². The van der Waals surface area contributed by atoms with Gasteiger partial charge in [0.2, 0.25) is 0 Å².